The average Bonchev–Trinajstić information content (AvgIpc) is 3.40. The Morgan fingerprint density at radius 1 is 1.06 bits per heavy atom. The van der Waals surface area contributed by atoms with Crippen LogP contribution in [-0.4, -0.2) is 88.1 Å². The molecule has 2 heterocycles. The van der Waals surface area contributed by atoms with Crippen molar-refractivity contribution in [1.82, 2.24) is 5.16 Å². The van der Waals surface area contributed by atoms with Crippen LogP contribution < -0.4 is 10.6 Å². The quantitative estimate of drug-likeness (QED) is 0.334. The Labute approximate surface area is 190 Å². The second-order valence-corrected chi connectivity index (χ2v) is 8.07. The highest BCUT2D eigenvalue weighted by Crippen LogP contribution is 2.28. The van der Waals surface area contributed by atoms with Crippen molar-refractivity contribution in [3.8, 4) is 0 Å². The third kappa shape index (κ3) is 7.12. The first-order valence-corrected chi connectivity index (χ1v) is 10.7. The number of carbonyl (C=O) groups is 3. The summed E-state index contributed by atoms with van der Waals surface area (Å²) in [5, 5.41) is 10.9. The molecule has 176 valence electrons. The number of ether oxygens (including phenoxy) is 3. The van der Waals surface area contributed by atoms with Gasteiger partial charge in [0.2, 0.25) is 0 Å². The number of esters is 1. The molecule has 0 spiro atoms. The molecular weight excluding hydrogens is 440 g/mol. The van der Waals surface area contributed by atoms with Crippen LogP contribution in [0.1, 0.15) is 15.2 Å². The molecule has 2 aromatic rings. The number of amides is 2. The standard InChI is InChI=1S/C20H28N4O7S/c1-14-13-32-19(20(27)30-4)18(14)22-17(26)12-24(6-9-28-2,7-10-29-3)11-16(25)21-15-5-8-31-23-15/h5,8,13H,6-7,9-12H2,1-4H3,(H-,21,22,23,25,26,27)/p+1. The summed E-state index contributed by atoms with van der Waals surface area (Å²) in [5.74, 6) is -0.920. The predicted octanol–water partition coefficient (Wildman–Crippen LogP) is 1.52. The maximum atomic E-state index is 13.1. The molecule has 0 bridgehead atoms. The SMILES string of the molecule is COCC[N+](CCOC)(CC(=O)Nc1ccon1)CC(=O)Nc1c(C)csc1C(=O)OC. The molecule has 0 saturated heterocycles. The van der Waals surface area contributed by atoms with Gasteiger partial charge in [-0.25, -0.2) is 4.79 Å². The topological polar surface area (TPSA) is 129 Å². The fraction of sp³-hybridized carbons (Fsp3) is 0.500. The summed E-state index contributed by atoms with van der Waals surface area (Å²) < 4.78 is 20.1. The number of hydrogen-bond acceptors (Lipinski definition) is 9. The number of aryl methyl sites for hydroxylation is 1. The third-order valence-corrected chi connectivity index (χ3v) is 5.89. The molecular formula is C20H29N4O7S+. The van der Waals surface area contributed by atoms with Crippen molar-refractivity contribution in [1.29, 1.82) is 0 Å². The Morgan fingerprint density at radius 2 is 1.69 bits per heavy atom. The molecule has 2 amide bonds. The Kier molecular flexibility index (Phi) is 9.78. The van der Waals surface area contributed by atoms with Gasteiger partial charge in [0.15, 0.2) is 18.9 Å². The number of aromatic nitrogens is 1. The van der Waals surface area contributed by atoms with Gasteiger partial charge in [-0.1, -0.05) is 5.16 Å². The highest BCUT2D eigenvalue weighted by molar-refractivity contribution is 7.12. The minimum atomic E-state index is -0.523. The van der Waals surface area contributed by atoms with Gasteiger partial charge in [0.25, 0.3) is 11.8 Å². The fourth-order valence-electron chi connectivity index (χ4n) is 3.14. The van der Waals surface area contributed by atoms with E-state index in [4.69, 9.17) is 18.7 Å². The van der Waals surface area contributed by atoms with E-state index in [2.05, 4.69) is 15.8 Å². The van der Waals surface area contributed by atoms with E-state index >= 15 is 0 Å². The molecule has 2 N–H and O–H groups in total. The first-order valence-electron chi connectivity index (χ1n) is 9.83. The molecule has 2 rings (SSSR count). The van der Waals surface area contributed by atoms with Gasteiger partial charge in [-0.05, 0) is 17.9 Å². The molecule has 0 aromatic carbocycles. The Morgan fingerprint density at radius 3 is 2.22 bits per heavy atom. The molecule has 0 unspecified atom stereocenters. The monoisotopic (exact) mass is 469 g/mol. The first-order chi connectivity index (χ1) is 15.3. The lowest BCUT2D eigenvalue weighted by atomic mass is 10.2. The minimum absolute atomic E-state index is 0.0144. The van der Waals surface area contributed by atoms with Crippen molar-refractivity contribution in [2.45, 2.75) is 6.92 Å². The summed E-state index contributed by atoms with van der Waals surface area (Å²) in [6, 6.07) is 1.53. The first kappa shape index (κ1) is 25.5. The molecule has 0 aliphatic carbocycles. The van der Waals surface area contributed by atoms with Gasteiger partial charge in [-0.2, -0.15) is 0 Å². The van der Waals surface area contributed by atoms with E-state index < -0.39 is 5.97 Å². The number of rotatable bonds is 13. The lowest BCUT2D eigenvalue weighted by Gasteiger charge is -2.37. The highest BCUT2D eigenvalue weighted by atomic mass is 32.1. The van der Waals surface area contributed by atoms with E-state index in [1.807, 2.05) is 0 Å². The van der Waals surface area contributed by atoms with E-state index in [0.29, 0.717) is 36.9 Å². The van der Waals surface area contributed by atoms with Crippen LogP contribution in [0.2, 0.25) is 0 Å². The summed E-state index contributed by atoms with van der Waals surface area (Å²) in [4.78, 5) is 38.1. The number of hydrogen-bond donors (Lipinski definition) is 2. The van der Waals surface area contributed by atoms with Crippen LogP contribution in [0.5, 0.6) is 0 Å². The van der Waals surface area contributed by atoms with Crippen molar-refractivity contribution in [2.24, 2.45) is 0 Å². The van der Waals surface area contributed by atoms with Crippen LogP contribution in [0.15, 0.2) is 22.2 Å². The van der Waals surface area contributed by atoms with Gasteiger partial charge in [0.1, 0.15) is 24.2 Å². The maximum absolute atomic E-state index is 13.1. The fourth-order valence-corrected chi connectivity index (χ4v) is 4.07. The van der Waals surface area contributed by atoms with Crippen molar-refractivity contribution in [2.75, 3.05) is 71.4 Å². The van der Waals surface area contributed by atoms with Crippen LogP contribution in [-0.2, 0) is 23.8 Å². The number of nitrogens with one attached hydrogen (secondary N) is 2. The summed E-state index contributed by atoms with van der Waals surface area (Å²) >= 11 is 1.20. The normalized spacial score (nSPS) is 11.2. The van der Waals surface area contributed by atoms with E-state index in [-0.39, 0.29) is 35.2 Å². The zero-order valence-electron chi connectivity index (χ0n) is 18.6. The Bertz CT molecular complexity index is 890. The predicted molar refractivity (Wildman–Crippen MR) is 118 cm³/mol. The van der Waals surface area contributed by atoms with Crippen molar-refractivity contribution in [3.63, 3.8) is 0 Å². The molecule has 32 heavy (non-hydrogen) atoms. The lowest BCUT2D eigenvalue weighted by Crippen LogP contribution is -2.58. The summed E-state index contributed by atoms with van der Waals surface area (Å²) in [5.41, 5.74) is 1.16. The van der Waals surface area contributed by atoms with E-state index in [0.717, 1.165) is 5.56 Å². The highest BCUT2D eigenvalue weighted by Gasteiger charge is 2.34. The van der Waals surface area contributed by atoms with E-state index in [1.54, 1.807) is 26.5 Å². The van der Waals surface area contributed by atoms with Gasteiger partial charge < -0.3 is 33.9 Å². The molecule has 0 aliphatic rings. The molecule has 0 saturated carbocycles. The van der Waals surface area contributed by atoms with Gasteiger partial charge in [0.05, 0.1) is 26.0 Å². The zero-order chi connectivity index (χ0) is 23.6. The number of quaternary nitrogens is 1. The lowest BCUT2D eigenvalue weighted by molar-refractivity contribution is -0.913. The van der Waals surface area contributed by atoms with Crippen LogP contribution in [0.3, 0.4) is 0 Å². The van der Waals surface area contributed by atoms with E-state index in [9.17, 15) is 14.4 Å². The summed E-state index contributed by atoms with van der Waals surface area (Å²) in [6.07, 6.45) is 1.35. The zero-order valence-corrected chi connectivity index (χ0v) is 19.5. The maximum Gasteiger partial charge on any atom is 0.350 e. The van der Waals surface area contributed by atoms with Crippen molar-refractivity contribution in [3.05, 3.63) is 28.2 Å². The number of nitrogens with zero attached hydrogens (tertiary/aromatic N) is 2. The Balaban J connectivity index is 2.22. The van der Waals surface area contributed by atoms with Crippen LogP contribution in [0.25, 0.3) is 0 Å². The molecule has 11 nitrogen and oxygen atoms in total. The average molecular weight is 470 g/mol. The molecule has 0 aliphatic heterocycles. The van der Waals surface area contributed by atoms with Crippen LogP contribution in [0.4, 0.5) is 11.5 Å². The van der Waals surface area contributed by atoms with Crippen LogP contribution in [0, 0.1) is 6.92 Å². The second kappa shape index (κ2) is 12.3. The number of carbonyl (C=O) groups excluding carboxylic acids is 3. The minimum Gasteiger partial charge on any atom is -0.465 e. The van der Waals surface area contributed by atoms with Gasteiger partial charge in [-0.15, -0.1) is 11.3 Å². The molecule has 0 radical (unpaired) electrons. The van der Waals surface area contributed by atoms with Gasteiger partial charge in [-0.3, -0.25) is 9.59 Å². The third-order valence-electron chi connectivity index (χ3n) is 4.81. The van der Waals surface area contributed by atoms with E-state index in [1.165, 1.54) is 30.8 Å². The van der Waals surface area contributed by atoms with Crippen molar-refractivity contribution < 1.29 is 37.6 Å². The second-order valence-electron chi connectivity index (χ2n) is 7.19. The summed E-state index contributed by atoms with van der Waals surface area (Å²) in [7, 11) is 4.39. The largest absolute Gasteiger partial charge is 0.465 e. The molecule has 0 fully saturated rings. The molecule has 2 aromatic heterocycles. The summed E-state index contributed by atoms with van der Waals surface area (Å²) in [6.45, 7) is 3.20. The number of thiophene rings is 1. The van der Waals surface area contributed by atoms with Gasteiger partial charge >= 0.3 is 5.97 Å². The molecule has 0 atom stereocenters. The van der Waals surface area contributed by atoms with Crippen LogP contribution >= 0.6 is 11.3 Å². The van der Waals surface area contributed by atoms with Crippen molar-refractivity contribution >= 4 is 40.6 Å². The smallest absolute Gasteiger partial charge is 0.350 e. The number of anilines is 2. The number of methoxy groups -OCH3 is 3. The Hall–Kier alpha value is -2.80. The van der Waals surface area contributed by atoms with Gasteiger partial charge in [0, 0.05) is 20.3 Å². The molecule has 12 heteroatoms.